The molecule has 0 radical (unpaired) electrons. The number of carbonyl (C=O) groups is 2. The summed E-state index contributed by atoms with van der Waals surface area (Å²) in [6.07, 6.45) is 5.49. The van der Waals surface area contributed by atoms with E-state index < -0.39 is 6.03 Å². The molecule has 0 bridgehead atoms. The summed E-state index contributed by atoms with van der Waals surface area (Å²) in [4.78, 5) is 24.8. The molecule has 20 heavy (non-hydrogen) atoms. The van der Waals surface area contributed by atoms with Gasteiger partial charge < -0.3 is 10.2 Å². The second-order valence-corrected chi connectivity index (χ2v) is 5.11. The Morgan fingerprint density at radius 2 is 1.65 bits per heavy atom. The smallest absolute Gasteiger partial charge is 0.326 e. The molecule has 5 nitrogen and oxygen atoms in total. The number of carbonyl (C=O) groups excluding carboxylic acids is 2. The number of nitrogens with one attached hydrogen (secondary N) is 2. The highest BCUT2D eigenvalue weighted by Gasteiger charge is 2.22. The average molecular weight is 271 g/mol. The van der Waals surface area contributed by atoms with E-state index in [1.807, 2.05) is 12.1 Å². The van der Waals surface area contributed by atoms with Gasteiger partial charge in [0.25, 0.3) is 5.91 Å². The summed E-state index contributed by atoms with van der Waals surface area (Å²) in [5.74, 6) is -0.380. The first-order valence-corrected chi connectivity index (χ1v) is 6.91. The molecule has 2 aliphatic rings. The van der Waals surface area contributed by atoms with Gasteiger partial charge in [0.1, 0.15) is 5.70 Å². The molecule has 2 aliphatic heterocycles. The number of hydrogen-bond acceptors (Lipinski definition) is 3. The molecule has 0 aromatic heterocycles. The number of amides is 3. The van der Waals surface area contributed by atoms with Crippen molar-refractivity contribution in [1.29, 1.82) is 0 Å². The topological polar surface area (TPSA) is 61.4 Å². The molecule has 2 N–H and O–H groups in total. The maximum Gasteiger partial charge on any atom is 0.326 e. The summed E-state index contributed by atoms with van der Waals surface area (Å²) in [6.45, 7) is 2.22. The third-order valence-electron chi connectivity index (χ3n) is 3.65. The lowest BCUT2D eigenvalue weighted by atomic mass is 10.1. The van der Waals surface area contributed by atoms with Crippen LogP contribution in [0.1, 0.15) is 24.8 Å². The van der Waals surface area contributed by atoms with Crippen LogP contribution in [-0.2, 0) is 4.79 Å². The number of rotatable bonds is 2. The standard InChI is InChI=1S/C15H17N3O2/c19-14-13(16-15(20)17-14)10-11-4-6-12(7-5-11)18-8-2-1-3-9-18/h4-7,10H,1-3,8-9H2,(H2,16,17,19,20)/b13-10+. The van der Waals surface area contributed by atoms with Crippen LogP contribution in [0.15, 0.2) is 30.0 Å². The van der Waals surface area contributed by atoms with E-state index in [0.717, 1.165) is 18.7 Å². The fourth-order valence-corrected chi connectivity index (χ4v) is 2.58. The van der Waals surface area contributed by atoms with Crippen molar-refractivity contribution in [3.8, 4) is 0 Å². The van der Waals surface area contributed by atoms with Gasteiger partial charge in [-0.1, -0.05) is 12.1 Å². The monoisotopic (exact) mass is 271 g/mol. The molecule has 104 valence electrons. The first kappa shape index (κ1) is 12.7. The van der Waals surface area contributed by atoms with E-state index in [1.54, 1.807) is 6.08 Å². The summed E-state index contributed by atoms with van der Waals surface area (Å²) in [5, 5.41) is 4.67. The van der Waals surface area contributed by atoms with Gasteiger partial charge >= 0.3 is 6.03 Å². The van der Waals surface area contributed by atoms with Crippen LogP contribution in [-0.4, -0.2) is 25.0 Å². The predicted molar refractivity (Wildman–Crippen MR) is 77.2 cm³/mol. The van der Waals surface area contributed by atoms with Crippen molar-refractivity contribution in [2.45, 2.75) is 19.3 Å². The van der Waals surface area contributed by atoms with E-state index in [0.29, 0.717) is 5.70 Å². The van der Waals surface area contributed by atoms with Crippen LogP contribution in [0.2, 0.25) is 0 Å². The van der Waals surface area contributed by atoms with Gasteiger partial charge in [0.05, 0.1) is 0 Å². The molecule has 0 atom stereocenters. The highest BCUT2D eigenvalue weighted by atomic mass is 16.2. The van der Waals surface area contributed by atoms with Crippen molar-refractivity contribution in [1.82, 2.24) is 10.6 Å². The Kier molecular flexibility index (Phi) is 3.41. The molecule has 0 spiro atoms. The van der Waals surface area contributed by atoms with E-state index in [1.165, 1.54) is 24.9 Å². The lowest BCUT2D eigenvalue weighted by Crippen LogP contribution is -2.29. The maximum absolute atomic E-state index is 11.4. The summed E-state index contributed by atoms with van der Waals surface area (Å²) in [5.41, 5.74) is 2.41. The first-order valence-electron chi connectivity index (χ1n) is 6.91. The van der Waals surface area contributed by atoms with E-state index in [9.17, 15) is 9.59 Å². The van der Waals surface area contributed by atoms with Gasteiger partial charge in [0.15, 0.2) is 0 Å². The number of piperidine rings is 1. The van der Waals surface area contributed by atoms with Crippen molar-refractivity contribution < 1.29 is 9.59 Å². The minimum atomic E-state index is -0.466. The molecule has 1 aromatic rings. The lowest BCUT2D eigenvalue weighted by molar-refractivity contribution is -0.115. The van der Waals surface area contributed by atoms with Crippen LogP contribution < -0.4 is 15.5 Å². The Bertz CT molecular complexity index is 557. The minimum absolute atomic E-state index is 0.292. The van der Waals surface area contributed by atoms with Gasteiger partial charge in [-0.25, -0.2) is 4.79 Å². The number of imide groups is 1. The van der Waals surface area contributed by atoms with Crippen molar-refractivity contribution in [3.05, 3.63) is 35.5 Å². The Morgan fingerprint density at radius 3 is 2.25 bits per heavy atom. The van der Waals surface area contributed by atoms with Gasteiger partial charge in [-0.15, -0.1) is 0 Å². The van der Waals surface area contributed by atoms with E-state index in [-0.39, 0.29) is 5.91 Å². The van der Waals surface area contributed by atoms with E-state index in [2.05, 4.69) is 27.7 Å². The second-order valence-electron chi connectivity index (χ2n) is 5.11. The zero-order valence-electron chi connectivity index (χ0n) is 11.2. The number of hydrogen-bond donors (Lipinski definition) is 2. The molecule has 3 amide bonds. The molecule has 5 heteroatoms. The number of urea groups is 1. The number of benzene rings is 1. The fraction of sp³-hybridized carbons (Fsp3) is 0.333. The Balaban J connectivity index is 1.74. The summed E-state index contributed by atoms with van der Waals surface area (Å²) < 4.78 is 0. The van der Waals surface area contributed by atoms with Crippen LogP contribution in [0.5, 0.6) is 0 Å². The van der Waals surface area contributed by atoms with Crippen LogP contribution in [0.3, 0.4) is 0 Å². The van der Waals surface area contributed by atoms with E-state index >= 15 is 0 Å². The Morgan fingerprint density at radius 1 is 0.950 bits per heavy atom. The van der Waals surface area contributed by atoms with Crippen molar-refractivity contribution >= 4 is 23.7 Å². The normalized spacial score (nSPS) is 21.0. The molecule has 2 heterocycles. The quantitative estimate of drug-likeness (QED) is 0.637. The highest BCUT2D eigenvalue weighted by Crippen LogP contribution is 2.21. The summed E-state index contributed by atoms with van der Waals surface area (Å²) in [6, 6.07) is 7.59. The van der Waals surface area contributed by atoms with Crippen LogP contribution >= 0.6 is 0 Å². The Labute approximate surface area is 117 Å². The van der Waals surface area contributed by atoms with Crippen LogP contribution in [0.4, 0.5) is 10.5 Å². The largest absolute Gasteiger partial charge is 0.372 e. The van der Waals surface area contributed by atoms with Gasteiger partial charge in [-0.2, -0.15) is 0 Å². The molecular weight excluding hydrogens is 254 g/mol. The molecule has 0 aliphatic carbocycles. The van der Waals surface area contributed by atoms with Crippen molar-refractivity contribution in [3.63, 3.8) is 0 Å². The maximum atomic E-state index is 11.4. The zero-order chi connectivity index (χ0) is 13.9. The molecular formula is C15H17N3O2. The third kappa shape index (κ3) is 2.66. The van der Waals surface area contributed by atoms with Crippen molar-refractivity contribution in [2.75, 3.05) is 18.0 Å². The minimum Gasteiger partial charge on any atom is -0.372 e. The molecule has 0 unspecified atom stereocenters. The molecule has 3 rings (SSSR count). The first-order chi connectivity index (χ1) is 9.72. The van der Waals surface area contributed by atoms with Crippen LogP contribution in [0, 0.1) is 0 Å². The average Bonchev–Trinajstić information content (AvgIpc) is 2.79. The number of nitrogens with zero attached hydrogens (tertiary/aromatic N) is 1. The predicted octanol–water partition coefficient (Wildman–Crippen LogP) is 1.86. The van der Waals surface area contributed by atoms with Gasteiger partial charge in [0, 0.05) is 18.8 Å². The molecule has 2 fully saturated rings. The summed E-state index contributed by atoms with van der Waals surface area (Å²) in [7, 11) is 0. The molecule has 1 aromatic carbocycles. The second kappa shape index (κ2) is 5.36. The Hall–Kier alpha value is -2.30. The SMILES string of the molecule is O=C1NC(=O)/C(=C\c2ccc(N3CCCCC3)cc2)N1. The van der Waals surface area contributed by atoms with Gasteiger partial charge in [0.2, 0.25) is 0 Å². The van der Waals surface area contributed by atoms with Gasteiger partial charge in [-0.05, 0) is 43.0 Å². The van der Waals surface area contributed by atoms with E-state index in [4.69, 9.17) is 0 Å². The third-order valence-corrected chi connectivity index (χ3v) is 3.65. The fourth-order valence-electron chi connectivity index (χ4n) is 2.58. The highest BCUT2D eigenvalue weighted by molar-refractivity contribution is 6.13. The molecule has 0 saturated carbocycles. The summed E-state index contributed by atoms with van der Waals surface area (Å²) >= 11 is 0. The number of anilines is 1. The molecule has 2 saturated heterocycles. The zero-order valence-corrected chi connectivity index (χ0v) is 11.2. The van der Waals surface area contributed by atoms with Gasteiger partial charge in [-0.3, -0.25) is 10.1 Å². The van der Waals surface area contributed by atoms with Crippen molar-refractivity contribution in [2.24, 2.45) is 0 Å². The lowest BCUT2D eigenvalue weighted by Gasteiger charge is -2.28. The van der Waals surface area contributed by atoms with Crippen LogP contribution in [0.25, 0.3) is 6.08 Å².